The van der Waals surface area contributed by atoms with Gasteiger partial charge in [0.15, 0.2) is 0 Å². The molecule has 2 aromatic rings. The summed E-state index contributed by atoms with van der Waals surface area (Å²) in [6.45, 7) is 1.83. The molecule has 0 fully saturated rings. The monoisotopic (exact) mass is 242 g/mol. The van der Waals surface area contributed by atoms with Crippen molar-refractivity contribution in [2.24, 2.45) is 10.2 Å². The van der Waals surface area contributed by atoms with Crippen LogP contribution in [0.15, 0.2) is 52.7 Å². The highest BCUT2D eigenvalue weighted by atomic mass is 16.3. The van der Waals surface area contributed by atoms with Gasteiger partial charge in [-0.1, -0.05) is 12.1 Å². The zero-order valence-electron chi connectivity index (χ0n) is 10.0. The molecule has 0 unspecified atom stereocenters. The van der Waals surface area contributed by atoms with Gasteiger partial charge in [-0.05, 0) is 48.4 Å². The van der Waals surface area contributed by atoms with Gasteiger partial charge < -0.3 is 10.2 Å². The molecule has 0 aromatic heterocycles. The molecular weight excluding hydrogens is 228 g/mol. The van der Waals surface area contributed by atoms with Crippen molar-refractivity contribution in [3.63, 3.8) is 0 Å². The number of aliphatic hydroxyl groups excluding tert-OH is 1. The van der Waals surface area contributed by atoms with Crippen molar-refractivity contribution in [3.05, 3.63) is 53.6 Å². The van der Waals surface area contributed by atoms with E-state index in [0.29, 0.717) is 5.69 Å². The van der Waals surface area contributed by atoms with E-state index in [9.17, 15) is 5.11 Å². The minimum atomic E-state index is 0.0224. The van der Waals surface area contributed by atoms with Crippen LogP contribution in [-0.4, -0.2) is 10.2 Å². The first-order valence-electron chi connectivity index (χ1n) is 5.60. The molecule has 0 heterocycles. The van der Waals surface area contributed by atoms with Gasteiger partial charge in [-0.15, -0.1) is 0 Å². The van der Waals surface area contributed by atoms with Gasteiger partial charge in [0.25, 0.3) is 0 Å². The molecule has 0 saturated heterocycles. The maximum Gasteiger partial charge on any atom is 0.118 e. The van der Waals surface area contributed by atoms with Gasteiger partial charge in [0.05, 0.1) is 18.0 Å². The van der Waals surface area contributed by atoms with E-state index >= 15 is 0 Å². The van der Waals surface area contributed by atoms with Crippen molar-refractivity contribution in [1.29, 1.82) is 0 Å². The van der Waals surface area contributed by atoms with Crippen LogP contribution in [0.1, 0.15) is 11.1 Å². The Morgan fingerprint density at radius 3 is 2.17 bits per heavy atom. The number of phenols is 1. The van der Waals surface area contributed by atoms with E-state index in [0.717, 1.165) is 16.8 Å². The molecular formula is C14H14N2O2. The zero-order chi connectivity index (χ0) is 13.0. The second-order valence-corrected chi connectivity index (χ2v) is 4.00. The number of hydrogen-bond donors (Lipinski definition) is 2. The molecule has 4 nitrogen and oxygen atoms in total. The topological polar surface area (TPSA) is 65.2 Å². The Kier molecular flexibility index (Phi) is 3.69. The highest BCUT2D eigenvalue weighted by Gasteiger charge is 1.97. The third-order valence-electron chi connectivity index (χ3n) is 2.58. The molecule has 0 spiro atoms. The predicted octanol–water partition coefficient (Wildman–Crippen LogP) is 3.61. The number of azo groups is 1. The Labute approximate surface area is 105 Å². The Morgan fingerprint density at radius 2 is 1.56 bits per heavy atom. The van der Waals surface area contributed by atoms with Crippen molar-refractivity contribution >= 4 is 11.4 Å². The van der Waals surface area contributed by atoms with Crippen LogP contribution < -0.4 is 0 Å². The van der Waals surface area contributed by atoms with Crippen molar-refractivity contribution in [2.45, 2.75) is 13.5 Å². The number of nitrogens with zero attached hydrogens (tertiary/aromatic N) is 2. The maximum absolute atomic E-state index is 9.39. The van der Waals surface area contributed by atoms with E-state index in [2.05, 4.69) is 10.2 Å². The van der Waals surface area contributed by atoms with Crippen LogP contribution in [0.25, 0.3) is 0 Å². The highest BCUT2D eigenvalue weighted by Crippen LogP contribution is 2.24. The molecule has 0 aliphatic carbocycles. The summed E-state index contributed by atoms with van der Waals surface area (Å²) in [6.07, 6.45) is 0. The number of aryl methyl sites for hydroxylation is 1. The van der Waals surface area contributed by atoms with Crippen molar-refractivity contribution in [1.82, 2.24) is 0 Å². The van der Waals surface area contributed by atoms with Crippen molar-refractivity contribution in [2.75, 3.05) is 0 Å². The van der Waals surface area contributed by atoms with Gasteiger partial charge in [0.2, 0.25) is 0 Å². The number of aromatic hydroxyl groups is 1. The SMILES string of the molecule is Cc1cc(N=Nc2ccc(CO)cc2)ccc1O. The molecule has 2 N–H and O–H groups in total. The average Bonchev–Trinajstić information content (AvgIpc) is 2.41. The van der Waals surface area contributed by atoms with Gasteiger partial charge in [0, 0.05) is 0 Å². The first-order valence-corrected chi connectivity index (χ1v) is 5.60. The Balaban J connectivity index is 2.16. The minimum Gasteiger partial charge on any atom is -0.508 e. The van der Waals surface area contributed by atoms with Crippen LogP contribution in [0, 0.1) is 6.92 Å². The largest absolute Gasteiger partial charge is 0.508 e. The molecule has 2 aromatic carbocycles. The minimum absolute atomic E-state index is 0.0224. The predicted molar refractivity (Wildman–Crippen MR) is 69.4 cm³/mol. The fraction of sp³-hybridized carbons (Fsp3) is 0.143. The quantitative estimate of drug-likeness (QED) is 0.807. The molecule has 0 aliphatic rings. The second kappa shape index (κ2) is 5.42. The van der Waals surface area contributed by atoms with Gasteiger partial charge in [0.1, 0.15) is 5.75 Å². The zero-order valence-corrected chi connectivity index (χ0v) is 10.0. The van der Waals surface area contributed by atoms with Gasteiger partial charge >= 0.3 is 0 Å². The molecule has 4 heteroatoms. The molecule has 2 rings (SSSR count). The molecule has 0 aliphatic heterocycles. The Hall–Kier alpha value is -2.20. The molecule has 0 saturated carbocycles. The summed E-state index contributed by atoms with van der Waals surface area (Å²) in [5.41, 5.74) is 3.02. The molecule has 0 amide bonds. The molecule has 0 radical (unpaired) electrons. The summed E-state index contributed by atoms with van der Waals surface area (Å²) in [6, 6.07) is 12.3. The van der Waals surface area contributed by atoms with Crippen LogP contribution in [0.3, 0.4) is 0 Å². The fourth-order valence-corrected chi connectivity index (χ4v) is 1.49. The third-order valence-corrected chi connectivity index (χ3v) is 2.58. The van der Waals surface area contributed by atoms with Crippen LogP contribution in [0.5, 0.6) is 5.75 Å². The van der Waals surface area contributed by atoms with Crippen molar-refractivity contribution in [3.8, 4) is 5.75 Å². The van der Waals surface area contributed by atoms with Crippen LogP contribution in [0.2, 0.25) is 0 Å². The normalized spacial score (nSPS) is 11.0. The van der Waals surface area contributed by atoms with E-state index in [4.69, 9.17) is 5.11 Å². The van der Waals surface area contributed by atoms with Crippen LogP contribution >= 0.6 is 0 Å². The Bertz CT molecular complexity index is 563. The first kappa shape index (κ1) is 12.3. The molecule has 18 heavy (non-hydrogen) atoms. The van der Waals surface area contributed by atoms with E-state index in [1.54, 1.807) is 42.5 Å². The average molecular weight is 242 g/mol. The summed E-state index contributed by atoms with van der Waals surface area (Å²) in [5, 5.41) is 26.5. The number of benzene rings is 2. The fourth-order valence-electron chi connectivity index (χ4n) is 1.49. The van der Waals surface area contributed by atoms with E-state index in [1.807, 2.05) is 6.92 Å². The van der Waals surface area contributed by atoms with Gasteiger partial charge in [-0.3, -0.25) is 0 Å². The first-order chi connectivity index (χ1) is 8.69. The van der Waals surface area contributed by atoms with Crippen LogP contribution in [0.4, 0.5) is 11.4 Å². The van der Waals surface area contributed by atoms with Crippen LogP contribution in [-0.2, 0) is 6.61 Å². The van der Waals surface area contributed by atoms with Gasteiger partial charge in [-0.2, -0.15) is 10.2 Å². The number of aliphatic hydroxyl groups is 1. The summed E-state index contributed by atoms with van der Waals surface area (Å²) in [4.78, 5) is 0. The number of phenolic OH excluding ortho intramolecular Hbond substituents is 1. The van der Waals surface area contributed by atoms with E-state index in [1.165, 1.54) is 0 Å². The number of hydrogen-bond acceptors (Lipinski definition) is 4. The Morgan fingerprint density at radius 1 is 0.944 bits per heavy atom. The molecule has 0 bridgehead atoms. The second-order valence-electron chi connectivity index (χ2n) is 4.00. The van der Waals surface area contributed by atoms with E-state index in [-0.39, 0.29) is 12.4 Å². The summed E-state index contributed by atoms with van der Waals surface area (Å²) < 4.78 is 0. The number of rotatable bonds is 3. The van der Waals surface area contributed by atoms with Gasteiger partial charge in [-0.25, -0.2) is 0 Å². The maximum atomic E-state index is 9.39. The summed E-state index contributed by atoms with van der Waals surface area (Å²) in [7, 11) is 0. The highest BCUT2D eigenvalue weighted by molar-refractivity contribution is 5.46. The standard InChI is InChI=1S/C14H14N2O2/c1-10-8-13(6-7-14(10)18)16-15-12-4-2-11(9-17)3-5-12/h2-8,17-18H,9H2,1H3. The molecule has 92 valence electrons. The lowest BCUT2D eigenvalue weighted by atomic mass is 10.2. The summed E-state index contributed by atoms with van der Waals surface area (Å²) >= 11 is 0. The molecule has 0 atom stereocenters. The lowest BCUT2D eigenvalue weighted by Crippen LogP contribution is -1.79. The van der Waals surface area contributed by atoms with Crippen molar-refractivity contribution < 1.29 is 10.2 Å². The lowest BCUT2D eigenvalue weighted by Gasteiger charge is -1.99. The summed E-state index contributed by atoms with van der Waals surface area (Å²) in [5.74, 6) is 0.251. The lowest BCUT2D eigenvalue weighted by molar-refractivity contribution is 0.282. The van der Waals surface area contributed by atoms with E-state index < -0.39 is 0 Å². The third kappa shape index (κ3) is 2.93. The smallest absolute Gasteiger partial charge is 0.118 e.